The molecular formula is C16H26N2. The van der Waals surface area contributed by atoms with Gasteiger partial charge in [-0.25, -0.2) is 0 Å². The van der Waals surface area contributed by atoms with Crippen molar-refractivity contribution < 1.29 is 0 Å². The summed E-state index contributed by atoms with van der Waals surface area (Å²) in [6, 6.07) is 9.67. The predicted octanol–water partition coefficient (Wildman–Crippen LogP) is 3.35. The van der Waals surface area contributed by atoms with Gasteiger partial charge in [0.15, 0.2) is 0 Å². The van der Waals surface area contributed by atoms with Gasteiger partial charge in [-0.05, 0) is 37.8 Å². The van der Waals surface area contributed by atoms with Gasteiger partial charge in [-0.3, -0.25) is 0 Å². The van der Waals surface area contributed by atoms with Crippen LogP contribution in [0.3, 0.4) is 0 Å². The van der Waals surface area contributed by atoms with E-state index in [-0.39, 0.29) is 6.04 Å². The van der Waals surface area contributed by atoms with Crippen LogP contribution >= 0.6 is 0 Å². The minimum absolute atomic E-state index is 0.228. The van der Waals surface area contributed by atoms with Gasteiger partial charge in [0.2, 0.25) is 0 Å². The van der Waals surface area contributed by atoms with Crippen molar-refractivity contribution in [3.63, 3.8) is 0 Å². The third-order valence-electron chi connectivity index (χ3n) is 4.04. The lowest BCUT2D eigenvalue weighted by Crippen LogP contribution is -2.34. The number of anilines is 1. The zero-order valence-electron chi connectivity index (χ0n) is 11.7. The van der Waals surface area contributed by atoms with Crippen molar-refractivity contribution in [2.45, 2.75) is 57.5 Å². The summed E-state index contributed by atoms with van der Waals surface area (Å²) in [5.41, 5.74) is 8.72. The number of benzene rings is 1. The maximum absolute atomic E-state index is 5.95. The third kappa shape index (κ3) is 3.26. The normalized spacial score (nSPS) is 18.6. The minimum atomic E-state index is 0.228. The van der Waals surface area contributed by atoms with Gasteiger partial charge in [0, 0.05) is 24.8 Å². The Bertz CT molecular complexity index is 367. The summed E-state index contributed by atoms with van der Waals surface area (Å²) in [6.07, 6.45) is 7.81. The quantitative estimate of drug-likeness (QED) is 0.883. The lowest BCUT2D eigenvalue weighted by atomic mass is 9.93. The van der Waals surface area contributed by atoms with Crippen molar-refractivity contribution in [3.05, 3.63) is 29.8 Å². The van der Waals surface area contributed by atoms with Crippen LogP contribution in [0.25, 0.3) is 0 Å². The van der Waals surface area contributed by atoms with E-state index in [2.05, 4.69) is 43.1 Å². The van der Waals surface area contributed by atoms with Crippen LogP contribution in [0, 0.1) is 0 Å². The van der Waals surface area contributed by atoms with Crippen LogP contribution in [-0.4, -0.2) is 19.1 Å². The first-order valence-corrected chi connectivity index (χ1v) is 7.25. The maximum atomic E-state index is 5.95. The monoisotopic (exact) mass is 246 g/mol. The van der Waals surface area contributed by atoms with Crippen LogP contribution < -0.4 is 10.6 Å². The Morgan fingerprint density at radius 3 is 2.56 bits per heavy atom. The van der Waals surface area contributed by atoms with E-state index in [1.807, 2.05) is 0 Å². The fraction of sp³-hybridized carbons (Fsp3) is 0.625. The van der Waals surface area contributed by atoms with Gasteiger partial charge in [-0.15, -0.1) is 0 Å². The molecule has 1 atom stereocenters. The molecule has 1 unspecified atom stereocenters. The lowest BCUT2D eigenvalue weighted by Gasteiger charge is -2.34. The fourth-order valence-corrected chi connectivity index (χ4v) is 3.04. The first-order valence-electron chi connectivity index (χ1n) is 7.25. The van der Waals surface area contributed by atoms with Gasteiger partial charge in [0.1, 0.15) is 0 Å². The molecule has 2 N–H and O–H groups in total. The van der Waals surface area contributed by atoms with E-state index in [0.717, 1.165) is 6.42 Å². The van der Waals surface area contributed by atoms with Crippen molar-refractivity contribution in [3.8, 4) is 0 Å². The molecule has 2 heteroatoms. The molecule has 1 saturated carbocycles. The van der Waals surface area contributed by atoms with Crippen molar-refractivity contribution in [2.75, 3.05) is 11.9 Å². The van der Waals surface area contributed by atoms with Gasteiger partial charge in [0.05, 0.1) is 0 Å². The van der Waals surface area contributed by atoms with Crippen molar-refractivity contribution in [1.82, 2.24) is 0 Å². The minimum Gasteiger partial charge on any atom is -0.371 e. The third-order valence-corrected chi connectivity index (χ3v) is 4.04. The van der Waals surface area contributed by atoms with Crippen LogP contribution in [0.4, 0.5) is 5.69 Å². The van der Waals surface area contributed by atoms with Gasteiger partial charge >= 0.3 is 0 Å². The smallest absolute Gasteiger partial charge is 0.0399 e. The molecule has 1 aliphatic carbocycles. The molecule has 18 heavy (non-hydrogen) atoms. The first kappa shape index (κ1) is 13.4. The van der Waals surface area contributed by atoms with E-state index in [9.17, 15) is 0 Å². The Hall–Kier alpha value is -1.02. The summed E-state index contributed by atoms with van der Waals surface area (Å²) < 4.78 is 0. The summed E-state index contributed by atoms with van der Waals surface area (Å²) in [7, 11) is 2.25. The molecule has 0 aromatic heterocycles. The second-order valence-electron chi connectivity index (χ2n) is 5.71. The van der Waals surface area contributed by atoms with Crippen LogP contribution in [0.5, 0.6) is 0 Å². The van der Waals surface area contributed by atoms with Crippen molar-refractivity contribution in [1.29, 1.82) is 0 Å². The molecule has 1 aromatic carbocycles. The molecule has 0 bridgehead atoms. The number of nitrogens with two attached hydrogens (primary N) is 1. The fourth-order valence-electron chi connectivity index (χ4n) is 3.04. The Labute approximate surface area is 111 Å². The molecule has 2 nitrogen and oxygen atoms in total. The van der Waals surface area contributed by atoms with Crippen LogP contribution in [0.1, 0.15) is 44.6 Å². The zero-order chi connectivity index (χ0) is 13.0. The van der Waals surface area contributed by atoms with Gasteiger partial charge in [-0.2, -0.15) is 0 Å². The molecule has 0 heterocycles. The highest BCUT2D eigenvalue weighted by Crippen LogP contribution is 2.28. The highest BCUT2D eigenvalue weighted by molar-refractivity contribution is 5.54. The van der Waals surface area contributed by atoms with E-state index in [1.54, 1.807) is 0 Å². The molecule has 2 rings (SSSR count). The average Bonchev–Trinajstić information content (AvgIpc) is 2.39. The van der Waals surface area contributed by atoms with E-state index in [4.69, 9.17) is 5.73 Å². The average molecular weight is 246 g/mol. The number of para-hydroxylation sites is 1. The molecule has 0 amide bonds. The SMILES string of the molecule is CC(N)Cc1ccccc1N(C)C1CCCCC1. The molecule has 0 spiro atoms. The summed E-state index contributed by atoms with van der Waals surface area (Å²) in [5, 5.41) is 0. The molecule has 100 valence electrons. The Morgan fingerprint density at radius 1 is 1.22 bits per heavy atom. The lowest BCUT2D eigenvalue weighted by molar-refractivity contribution is 0.427. The first-order chi connectivity index (χ1) is 8.68. The van der Waals surface area contributed by atoms with E-state index < -0.39 is 0 Å². The highest BCUT2D eigenvalue weighted by Gasteiger charge is 2.20. The molecule has 0 aliphatic heterocycles. The molecule has 1 aromatic rings. The number of nitrogens with zero attached hydrogens (tertiary/aromatic N) is 1. The standard InChI is InChI=1S/C16H26N2/c1-13(17)12-14-8-6-7-11-16(14)18(2)15-9-4-3-5-10-15/h6-8,11,13,15H,3-5,9-10,12,17H2,1-2H3. The van der Waals surface area contributed by atoms with Crippen LogP contribution in [0.2, 0.25) is 0 Å². The topological polar surface area (TPSA) is 29.3 Å². The van der Waals surface area contributed by atoms with Crippen LogP contribution in [-0.2, 0) is 6.42 Å². The molecule has 0 saturated heterocycles. The second-order valence-corrected chi connectivity index (χ2v) is 5.71. The van der Waals surface area contributed by atoms with E-state index >= 15 is 0 Å². The molecular weight excluding hydrogens is 220 g/mol. The second kappa shape index (κ2) is 6.24. The number of rotatable bonds is 4. The number of hydrogen-bond acceptors (Lipinski definition) is 2. The zero-order valence-corrected chi connectivity index (χ0v) is 11.7. The van der Waals surface area contributed by atoms with Gasteiger partial charge in [0.25, 0.3) is 0 Å². The maximum Gasteiger partial charge on any atom is 0.0399 e. The van der Waals surface area contributed by atoms with E-state index in [0.29, 0.717) is 6.04 Å². The Kier molecular flexibility index (Phi) is 4.65. The summed E-state index contributed by atoms with van der Waals surface area (Å²) in [5.74, 6) is 0. The Balaban J connectivity index is 2.15. The van der Waals surface area contributed by atoms with Crippen molar-refractivity contribution in [2.24, 2.45) is 5.73 Å². The summed E-state index contributed by atoms with van der Waals surface area (Å²) >= 11 is 0. The van der Waals surface area contributed by atoms with Crippen molar-refractivity contribution >= 4 is 5.69 Å². The van der Waals surface area contributed by atoms with E-state index in [1.165, 1.54) is 43.4 Å². The summed E-state index contributed by atoms with van der Waals surface area (Å²) in [4.78, 5) is 2.48. The largest absolute Gasteiger partial charge is 0.371 e. The summed E-state index contributed by atoms with van der Waals surface area (Å²) in [6.45, 7) is 2.08. The molecule has 1 aliphatic rings. The van der Waals surface area contributed by atoms with Gasteiger partial charge in [-0.1, -0.05) is 37.5 Å². The number of hydrogen-bond donors (Lipinski definition) is 1. The molecule has 1 fully saturated rings. The van der Waals surface area contributed by atoms with Gasteiger partial charge < -0.3 is 10.6 Å². The highest BCUT2D eigenvalue weighted by atomic mass is 15.1. The van der Waals surface area contributed by atoms with Crippen LogP contribution in [0.15, 0.2) is 24.3 Å². The molecule has 0 radical (unpaired) electrons. The Morgan fingerprint density at radius 2 is 1.89 bits per heavy atom. The predicted molar refractivity (Wildman–Crippen MR) is 79.1 cm³/mol.